The highest BCUT2D eigenvalue weighted by molar-refractivity contribution is 6.12. The van der Waals surface area contributed by atoms with Crippen LogP contribution < -0.4 is 0 Å². The van der Waals surface area contributed by atoms with E-state index in [-0.39, 0.29) is 5.41 Å². The van der Waals surface area contributed by atoms with Gasteiger partial charge in [0.25, 0.3) is 0 Å². The van der Waals surface area contributed by atoms with Crippen molar-refractivity contribution in [1.29, 1.82) is 0 Å². The topological polar surface area (TPSA) is 43.6 Å². The van der Waals surface area contributed by atoms with Crippen molar-refractivity contribution in [2.45, 2.75) is 19.3 Å². The molecule has 0 spiro atoms. The molecule has 1 aliphatic carbocycles. The van der Waals surface area contributed by atoms with E-state index >= 15 is 0 Å². The van der Waals surface area contributed by atoms with Gasteiger partial charge in [-0.25, -0.2) is 15.0 Å². The Hall–Kier alpha value is -4.05. The number of aromatic nitrogens is 4. The quantitative estimate of drug-likeness (QED) is 0.313. The first-order chi connectivity index (χ1) is 15.6. The number of para-hydroxylation sites is 1. The highest BCUT2D eigenvalue weighted by atomic mass is 15.2. The molecule has 7 rings (SSSR count). The number of rotatable bonds is 1. The summed E-state index contributed by atoms with van der Waals surface area (Å²) in [6.07, 6.45) is 3.12. The van der Waals surface area contributed by atoms with Crippen LogP contribution in [0.2, 0.25) is 0 Å². The standard InChI is InChI=1S/C28H20N4/c1-28(2)23-14-25-22(13-21(23)20-12-11-17-7-3-4-8-18(17)26(20)28)19-9-5-6-10-24(19)32(25)27-30-15-29-16-31-27/h3-16H,1-2H3. The third kappa shape index (κ3) is 2.14. The SMILES string of the molecule is CC1(C)c2cc3c(cc2-c2ccc4ccccc4c21)c1ccccc1n3-c1ncncn1. The zero-order valence-electron chi connectivity index (χ0n) is 17.9. The summed E-state index contributed by atoms with van der Waals surface area (Å²) in [6, 6.07) is 26.4. The second kappa shape index (κ2) is 6.01. The molecule has 0 radical (unpaired) electrons. The van der Waals surface area contributed by atoms with E-state index in [1.807, 2.05) is 0 Å². The van der Waals surface area contributed by atoms with E-state index in [4.69, 9.17) is 0 Å². The Morgan fingerprint density at radius 1 is 0.688 bits per heavy atom. The van der Waals surface area contributed by atoms with E-state index in [1.165, 1.54) is 43.8 Å². The molecule has 0 unspecified atom stereocenters. The van der Waals surface area contributed by atoms with Gasteiger partial charge in [0.2, 0.25) is 5.95 Å². The molecule has 0 N–H and O–H groups in total. The maximum Gasteiger partial charge on any atom is 0.237 e. The predicted molar refractivity (Wildman–Crippen MR) is 129 cm³/mol. The minimum Gasteiger partial charge on any atom is -0.278 e. The molecular weight excluding hydrogens is 392 g/mol. The van der Waals surface area contributed by atoms with Gasteiger partial charge in [0, 0.05) is 16.2 Å². The minimum atomic E-state index is -0.111. The zero-order chi connectivity index (χ0) is 21.4. The molecule has 4 nitrogen and oxygen atoms in total. The Balaban J connectivity index is 1.63. The fourth-order valence-electron chi connectivity index (χ4n) is 5.62. The smallest absolute Gasteiger partial charge is 0.237 e. The lowest BCUT2D eigenvalue weighted by molar-refractivity contribution is 0.667. The Morgan fingerprint density at radius 3 is 2.28 bits per heavy atom. The number of hydrogen-bond acceptors (Lipinski definition) is 3. The highest BCUT2D eigenvalue weighted by Crippen LogP contribution is 2.53. The van der Waals surface area contributed by atoms with E-state index in [0.717, 1.165) is 11.0 Å². The van der Waals surface area contributed by atoms with Gasteiger partial charge < -0.3 is 0 Å². The van der Waals surface area contributed by atoms with Crippen molar-refractivity contribution in [2.75, 3.05) is 0 Å². The number of hydrogen-bond donors (Lipinski definition) is 0. The van der Waals surface area contributed by atoms with Gasteiger partial charge >= 0.3 is 0 Å². The van der Waals surface area contributed by atoms with E-state index < -0.39 is 0 Å². The van der Waals surface area contributed by atoms with Crippen molar-refractivity contribution in [3.63, 3.8) is 0 Å². The average molecular weight is 412 g/mol. The van der Waals surface area contributed by atoms with Crippen molar-refractivity contribution in [3.05, 3.63) is 96.6 Å². The molecule has 4 heteroatoms. The van der Waals surface area contributed by atoms with Gasteiger partial charge in [-0.05, 0) is 51.2 Å². The average Bonchev–Trinajstić information content (AvgIpc) is 3.27. The van der Waals surface area contributed by atoms with Crippen LogP contribution in [0.1, 0.15) is 25.0 Å². The maximum absolute atomic E-state index is 4.47. The van der Waals surface area contributed by atoms with Crippen LogP contribution >= 0.6 is 0 Å². The lowest BCUT2D eigenvalue weighted by Crippen LogP contribution is -2.15. The van der Waals surface area contributed by atoms with Gasteiger partial charge in [0.1, 0.15) is 12.7 Å². The molecule has 1 aliphatic rings. The molecule has 0 saturated carbocycles. The molecule has 6 aromatic rings. The Morgan fingerprint density at radius 2 is 1.44 bits per heavy atom. The molecule has 152 valence electrons. The molecule has 0 bridgehead atoms. The molecular formula is C28H20N4. The molecule has 2 aromatic heterocycles. The zero-order valence-corrected chi connectivity index (χ0v) is 17.9. The lowest BCUT2D eigenvalue weighted by atomic mass is 9.80. The molecule has 0 aliphatic heterocycles. The fourth-order valence-corrected chi connectivity index (χ4v) is 5.62. The van der Waals surface area contributed by atoms with Crippen molar-refractivity contribution in [3.8, 4) is 17.1 Å². The molecule has 0 fully saturated rings. The van der Waals surface area contributed by atoms with Gasteiger partial charge in [-0.2, -0.15) is 0 Å². The fraction of sp³-hybridized carbons (Fsp3) is 0.107. The van der Waals surface area contributed by atoms with Crippen LogP contribution in [-0.2, 0) is 5.41 Å². The van der Waals surface area contributed by atoms with Crippen LogP contribution in [0, 0.1) is 0 Å². The lowest BCUT2D eigenvalue weighted by Gasteiger charge is -2.23. The van der Waals surface area contributed by atoms with Crippen molar-refractivity contribution >= 4 is 32.6 Å². The van der Waals surface area contributed by atoms with Crippen molar-refractivity contribution in [2.24, 2.45) is 0 Å². The van der Waals surface area contributed by atoms with Crippen LogP contribution in [0.4, 0.5) is 0 Å². The summed E-state index contributed by atoms with van der Waals surface area (Å²) in [5.41, 5.74) is 7.53. The van der Waals surface area contributed by atoms with Crippen LogP contribution in [0.15, 0.2) is 85.5 Å². The van der Waals surface area contributed by atoms with Crippen LogP contribution in [0.5, 0.6) is 0 Å². The number of fused-ring (bicyclic) bond motifs is 8. The van der Waals surface area contributed by atoms with E-state index in [0.29, 0.717) is 5.95 Å². The molecule has 0 saturated heterocycles. The first-order valence-corrected chi connectivity index (χ1v) is 10.9. The largest absolute Gasteiger partial charge is 0.278 e. The first kappa shape index (κ1) is 17.6. The Labute approximate surface area is 185 Å². The van der Waals surface area contributed by atoms with Gasteiger partial charge in [0.15, 0.2) is 0 Å². The molecule has 4 aromatic carbocycles. The van der Waals surface area contributed by atoms with Gasteiger partial charge in [0.05, 0.1) is 11.0 Å². The molecule has 0 atom stereocenters. The molecule has 32 heavy (non-hydrogen) atoms. The molecule has 2 heterocycles. The van der Waals surface area contributed by atoms with E-state index in [2.05, 4.69) is 106 Å². The summed E-state index contributed by atoms with van der Waals surface area (Å²) in [4.78, 5) is 13.0. The minimum absolute atomic E-state index is 0.111. The van der Waals surface area contributed by atoms with Gasteiger partial charge in [-0.3, -0.25) is 4.57 Å². The summed E-state index contributed by atoms with van der Waals surface area (Å²) in [5, 5.41) is 5.05. The monoisotopic (exact) mass is 412 g/mol. The first-order valence-electron chi connectivity index (χ1n) is 10.9. The van der Waals surface area contributed by atoms with E-state index in [9.17, 15) is 0 Å². The second-order valence-electron chi connectivity index (χ2n) is 9.04. The van der Waals surface area contributed by atoms with Gasteiger partial charge in [-0.1, -0.05) is 68.4 Å². The predicted octanol–water partition coefficient (Wildman–Crippen LogP) is 6.43. The summed E-state index contributed by atoms with van der Waals surface area (Å²) >= 11 is 0. The Kier molecular flexibility index (Phi) is 3.31. The van der Waals surface area contributed by atoms with E-state index in [1.54, 1.807) is 12.7 Å². The normalized spacial score (nSPS) is 14.2. The van der Waals surface area contributed by atoms with Crippen LogP contribution in [0.3, 0.4) is 0 Å². The highest BCUT2D eigenvalue weighted by Gasteiger charge is 2.37. The summed E-state index contributed by atoms with van der Waals surface area (Å²) < 4.78 is 2.16. The second-order valence-corrected chi connectivity index (χ2v) is 9.04. The number of benzene rings is 4. The van der Waals surface area contributed by atoms with Gasteiger partial charge in [-0.15, -0.1) is 0 Å². The van der Waals surface area contributed by atoms with Crippen LogP contribution in [0.25, 0.3) is 49.7 Å². The maximum atomic E-state index is 4.47. The summed E-state index contributed by atoms with van der Waals surface area (Å²) in [6.45, 7) is 4.68. The third-order valence-corrected chi connectivity index (χ3v) is 7.01. The molecule has 0 amide bonds. The van der Waals surface area contributed by atoms with Crippen molar-refractivity contribution in [1.82, 2.24) is 19.5 Å². The summed E-state index contributed by atoms with van der Waals surface area (Å²) in [7, 11) is 0. The summed E-state index contributed by atoms with van der Waals surface area (Å²) in [5.74, 6) is 0.643. The Bertz CT molecular complexity index is 1690. The van der Waals surface area contributed by atoms with Crippen molar-refractivity contribution < 1.29 is 0 Å². The number of nitrogens with zero attached hydrogens (tertiary/aromatic N) is 4. The third-order valence-electron chi connectivity index (χ3n) is 7.01. The van der Waals surface area contributed by atoms with Crippen LogP contribution in [-0.4, -0.2) is 19.5 Å².